The van der Waals surface area contributed by atoms with Crippen LogP contribution >= 0.6 is 23.2 Å². The smallest absolute Gasteiger partial charge is 0.227 e. The van der Waals surface area contributed by atoms with Gasteiger partial charge in [0.05, 0.1) is 0 Å². The van der Waals surface area contributed by atoms with E-state index in [0.717, 1.165) is 25.7 Å². The molecule has 4 heteroatoms. The van der Waals surface area contributed by atoms with Crippen LogP contribution in [-0.2, 0) is 9.59 Å². The van der Waals surface area contributed by atoms with Gasteiger partial charge in [0.1, 0.15) is 0 Å². The van der Waals surface area contributed by atoms with Crippen molar-refractivity contribution >= 4 is 33.7 Å². The predicted molar refractivity (Wildman–Crippen MR) is 67.8 cm³/mol. The van der Waals surface area contributed by atoms with Gasteiger partial charge in [-0.15, -0.1) is 0 Å². The molecule has 0 radical (unpaired) electrons. The molecule has 0 atom stereocenters. The summed E-state index contributed by atoms with van der Waals surface area (Å²) in [5.41, 5.74) is -0.951. The molecule has 0 aliphatic heterocycles. The monoisotopic (exact) mass is 266 g/mol. The minimum absolute atomic E-state index is 0.305. The molecular weight excluding hydrogens is 247 g/mol. The first-order valence-corrected chi connectivity index (χ1v) is 6.25. The lowest BCUT2D eigenvalue weighted by atomic mass is 9.84. The first kappa shape index (κ1) is 15.9. The molecule has 0 fully saturated rings. The van der Waals surface area contributed by atoms with Gasteiger partial charge < -0.3 is 0 Å². The molecule has 0 rings (SSSR count). The molecule has 0 amide bonds. The van der Waals surface area contributed by atoms with Gasteiger partial charge in [0.15, 0.2) is 0 Å². The summed E-state index contributed by atoms with van der Waals surface area (Å²) < 4.78 is 0. The van der Waals surface area contributed by atoms with E-state index in [0.29, 0.717) is 0 Å². The summed E-state index contributed by atoms with van der Waals surface area (Å²) in [6.07, 6.45) is 3.22. The van der Waals surface area contributed by atoms with Crippen molar-refractivity contribution < 1.29 is 9.59 Å². The van der Waals surface area contributed by atoms with E-state index in [1.165, 1.54) is 0 Å². The second kappa shape index (κ2) is 6.02. The summed E-state index contributed by atoms with van der Waals surface area (Å²) >= 11 is 10.9. The van der Waals surface area contributed by atoms with Crippen molar-refractivity contribution in [2.75, 3.05) is 0 Å². The Hall–Kier alpha value is -0.0800. The maximum atomic E-state index is 11.1. The highest BCUT2D eigenvalue weighted by molar-refractivity contribution is 6.64. The highest BCUT2D eigenvalue weighted by Gasteiger charge is 2.27. The van der Waals surface area contributed by atoms with Crippen molar-refractivity contribution in [1.82, 2.24) is 0 Å². The van der Waals surface area contributed by atoms with Crippen molar-refractivity contribution in [3.05, 3.63) is 0 Å². The van der Waals surface area contributed by atoms with Crippen molar-refractivity contribution in [2.24, 2.45) is 10.8 Å². The van der Waals surface area contributed by atoms with Gasteiger partial charge in [-0.3, -0.25) is 9.59 Å². The molecule has 0 spiro atoms. The summed E-state index contributed by atoms with van der Waals surface area (Å²) in [4.78, 5) is 22.1. The van der Waals surface area contributed by atoms with E-state index in [4.69, 9.17) is 23.2 Å². The van der Waals surface area contributed by atoms with Crippen LogP contribution in [0.2, 0.25) is 0 Å². The van der Waals surface area contributed by atoms with Crippen LogP contribution < -0.4 is 0 Å². The molecule has 0 saturated carbocycles. The molecule has 2 nitrogen and oxygen atoms in total. The average Bonchev–Trinajstić information content (AvgIpc) is 2.12. The summed E-state index contributed by atoms with van der Waals surface area (Å²) in [6, 6.07) is 0. The largest absolute Gasteiger partial charge is 0.281 e. The molecule has 0 aromatic rings. The van der Waals surface area contributed by atoms with Gasteiger partial charge >= 0.3 is 0 Å². The molecule has 0 N–H and O–H groups in total. The highest BCUT2D eigenvalue weighted by Crippen LogP contribution is 2.30. The maximum Gasteiger partial charge on any atom is 0.227 e. The highest BCUT2D eigenvalue weighted by atomic mass is 35.5. The molecule has 16 heavy (non-hydrogen) atoms. The molecule has 0 heterocycles. The van der Waals surface area contributed by atoms with E-state index < -0.39 is 10.8 Å². The van der Waals surface area contributed by atoms with Crippen LogP contribution in [0.15, 0.2) is 0 Å². The normalized spacial score (nSPS) is 12.6. The number of halogens is 2. The van der Waals surface area contributed by atoms with Gasteiger partial charge in [-0.2, -0.15) is 0 Å². The quantitative estimate of drug-likeness (QED) is 0.513. The lowest BCUT2D eigenvalue weighted by Crippen LogP contribution is -2.21. The Bertz CT molecular complexity index is 242. The van der Waals surface area contributed by atoms with Gasteiger partial charge in [0.2, 0.25) is 10.5 Å². The number of rotatable bonds is 7. The Morgan fingerprint density at radius 2 is 1.06 bits per heavy atom. The molecule has 0 saturated heterocycles. The number of hydrogen-bond acceptors (Lipinski definition) is 2. The second-order valence-corrected chi connectivity index (χ2v) is 6.21. The minimum Gasteiger partial charge on any atom is -0.281 e. The third-order valence-corrected chi connectivity index (χ3v) is 3.94. The SMILES string of the molecule is CC(C)(CCCCC(C)(C)C(=O)Cl)C(=O)Cl. The third kappa shape index (κ3) is 5.31. The molecule has 0 aromatic carbocycles. The van der Waals surface area contributed by atoms with Crippen LogP contribution in [0.4, 0.5) is 0 Å². The fourth-order valence-corrected chi connectivity index (χ4v) is 1.52. The zero-order valence-electron chi connectivity index (χ0n) is 10.4. The minimum atomic E-state index is -0.476. The van der Waals surface area contributed by atoms with Gasteiger partial charge in [0, 0.05) is 10.8 Å². The van der Waals surface area contributed by atoms with Crippen LogP contribution in [0, 0.1) is 10.8 Å². The van der Waals surface area contributed by atoms with Crippen LogP contribution in [0.3, 0.4) is 0 Å². The molecule has 94 valence electrons. The van der Waals surface area contributed by atoms with Crippen LogP contribution in [0.1, 0.15) is 53.4 Å². The Morgan fingerprint density at radius 1 is 0.812 bits per heavy atom. The number of carbonyl (C=O) groups is 2. The standard InChI is InChI=1S/C12H20Cl2O2/c1-11(2,9(13)15)7-5-6-8-12(3,4)10(14)16/h5-8H2,1-4H3. The Labute approximate surface area is 108 Å². The first-order valence-electron chi connectivity index (χ1n) is 5.49. The maximum absolute atomic E-state index is 11.1. The predicted octanol–water partition coefficient (Wildman–Crippen LogP) is 4.13. The van der Waals surface area contributed by atoms with Crippen molar-refractivity contribution in [3.63, 3.8) is 0 Å². The molecule has 0 aliphatic carbocycles. The van der Waals surface area contributed by atoms with Crippen molar-refractivity contribution in [3.8, 4) is 0 Å². The van der Waals surface area contributed by atoms with E-state index >= 15 is 0 Å². The zero-order valence-corrected chi connectivity index (χ0v) is 11.9. The van der Waals surface area contributed by atoms with Gasteiger partial charge in [-0.1, -0.05) is 40.5 Å². The third-order valence-electron chi connectivity index (χ3n) is 2.92. The van der Waals surface area contributed by atoms with Gasteiger partial charge in [-0.25, -0.2) is 0 Å². The fraction of sp³-hybridized carbons (Fsp3) is 0.833. The number of hydrogen-bond donors (Lipinski definition) is 0. The van der Waals surface area contributed by atoms with Crippen LogP contribution in [0.5, 0.6) is 0 Å². The lowest BCUT2D eigenvalue weighted by molar-refractivity contribution is -0.120. The van der Waals surface area contributed by atoms with Crippen LogP contribution in [0.25, 0.3) is 0 Å². The number of carbonyl (C=O) groups excluding carboxylic acids is 2. The van der Waals surface area contributed by atoms with E-state index in [-0.39, 0.29) is 10.5 Å². The topological polar surface area (TPSA) is 34.1 Å². The summed E-state index contributed by atoms with van der Waals surface area (Å²) in [7, 11) is 0. The lowest BCUT2D eigenvalue weighted by Gasteiger charge is -2.22. The first-order chi connectivity index (χ1) is 7.09. The molecule has 0 aromatic heterocycles. The van der Waals surface area contributed by atoms with Crippen LogP contribution in [-0.4, -0.2) is 10.5 Å². The molecule has 0 aliphatic rings. The van der Waals surface area contributed by atoms with Crippen molar-refractivity contribution in [1.29, 1.82) is 0 Å². The zero-order chi connectivity index (χ0) is 13.0. The number of unbranched alkanes of at least 4 members (excludes halogenated alkanes) is 1. The Morgan fingerprint density at radius 3 is 1.25 bits per heavy atom. The van der Waals surface area contributed by atoms with E-state index in [2.05, 4.69) is 0 Å². The second-order valence-electron chi connectivity index (χ2n) is 5.52. The molecular formula is C12H20Cl2O2. The van der Waals surface area contributed by atoms with E-state index in [1.54, 1.807) is 0 Å². The summed E-state index contributed by atoms with van der Waals surface area (Å²) in [6.45, 7) is 7.33. The van der Waals surface area contributed by atoms with Gasteiger partial charge in [0.25, 0.3) is 0 Å². The fourth-order valence-electron chi connectivity index (χ4n) is 1.33. The molecule has 0 bridgehead atoms. The van der Waals surface area contributed by atoms with E-state index in [9.17, 15) is 9.59 Å². The van der Waals surface area contributed by atoms with Gasteiger partial charge in [-0.05, 0) is 36.0 Å². The summed E-state index contributed by atoms with van der Waals surface area (Å²) in [5.74, 6) is 0. The Kier molecular flexibility index (Phi) is 5.99. The Balaban J connectivity index is 3.94. The van der Waals surface area contributed by atoms with Crippen molar-refractivity contribution in [2.45, 2.75) is 53.4 Å². The average molecular weight is 267 g/mol. The summed E-state index contributed by atoms with van der Waals surface area (Å²) in [5, 5.41) is -0.611. The molecule has 0 unspecified atom stereocenters. The van der Waals surface area contributed by atoms with E-state index in [1.807, 2.05) is 27.7 Å².